The number of carboxylic acids is 1. The number of carbonyl (C=O) groups is 1. The topological polar surface area (TPSA) is 63.3 Å². The zero-order chi connectivity index (χ0) is 13.3. The fraction of sp³-hybridized carbons (Fsp3) is 0.231. The molecule has 0 aliphatic heterocycles. The van der Waals surface area contributed by atoms with Gasteiger partial charge in [0.05, 0.1) is 5.69 Å². The summed E-state index contributed by atoms with van der Waals surface area (Å²) in [5.74, 6) is -0.516. The highest BCUT2D eigenvalue weighted by Gasteiger charge is 2.33. The van der Waals surface area contributed by atoms with Crippen molar-refractivity contribution in [1.29, 1.82) is 0 Å². The molecule has 0 spiro atoms. The van der Waals surface area contributed by atoms with Gasteiger partial charge in [-0.05, 0) is 32.0 Å². The van der Waals surface area contributed by atoms with Crippen molar-refractivity contribution in [2.45, 2.75) is 19.3 Å². The summed E-state index contributed by atoms with van der Waals surface area (Å²) in [6.07, 6.45) is 1.39. The minimum absolute atomic E-state index is 0.407. The van der Waals surface area contributed by atoms with Crippen molar-refractivity contribution in [3.8, 4) is 11.5 Å². The molecule has 1 aromatic carbocycles. The average molecular weight is 310 g/mol. The predicted octanol–water partition coefficient (Wildman–Crippen LogP) is 3.47. The number of hydrogen-bond donors (Lipinski definition) is 1. The fourth-order valence-corrected chi connectivity index (χ4v) is 1.82. The summed E-state index contributed by atoms with van der Waals surface area (Å²) < 4.78 is 6.26. The Labute approximate surface area is 113 Å². The monoisotopic (exact) mass is 309 g/mol. The number of hydrogen-bond acceptors (Lipinski definition) is 3. The van der Waals surface area contributed by atoms with Gasteiger partial charge in [0.25, 0.3) is 0 Å². The third kappa shape index (κ3) is 2.31. The van der Waals surface area contributed by atoms with Crippen molar-refractivity contribution in [2.75, 3.05) is 0 Å². The van der Waals surface area contributed by atoms with Gasteiger partial charge >= 0.3 is 5.97 Å². The lowest BCUT2D eigenvalue weighted by Crippen LogP contribution is -2.28. The van der Waals surface area contributed by atoms with Crippen LogP contribution in [0, 0.1) is 0 Å². The SMILES string of the molecule is CC(C)(C(=O)O)c1coc(-c2cccc(Br)c2)n1. The van der Waals surface area contributed by atoms with Crippen LogP contribution in [0.4, 0.5) is 0 Å². The second kappa shape index (κ2) is 4.57. The lowest BCUT2D eigenvalue weighted by Gasteiger charge is -2.14. The molecule has 0 fully saturated rings. The van der Waals surface area contributed by atoms with Crippen LogP contribution in [0.25, 0.3) is 11.5 Å². The first-order chi connectivity index (χ1) is 8.41. The quantitative estimate of drug-likeness (QED) is 0.943. The fourth-order valence-electron chi connectivity index (χ4n) is 1.42. The maximum atomic E-state index is 11.1. The third-order valence-corrected chi connectivity index (χ3v) is 3.24. The number of halogens is 1. The zero-order valence-corrected chi connectivity index (χ0v) is 11.6. The third-order valence-electron chi connectivity index (χ3n) is 2.75. The van der Waals surface area contributed by atoms with Gasteiger partial charge in [0.2, 0.25) is 5.89 Å². The second-order valence-electron chi connectivity index (χ2n) is 4.48. The maximum Gasteiger partial charge on any atom is 0.315 e. The molecule has 18 heavy (non-hydrogen) atoms. The smallest absolute Gasteiger partial charge is 0.315 e. The van der Waals surface area contributed by atoms with Gasteiger partial charge in [-0.2, -0.15) is 0 Å². The van der Waals surface area contributed by atoms with Gasteiger partial charge in [0.15, 0.2) is 0 Å². The summed E-state index contributed by atoms with van der Waals surface area (Å²) >= 11 is 3.37. The maximum absolute atomic E-state index is 11.1. The molecule has 1 N–H and O–H groups in total. The molecule has 5 heteroatoms. The van der Waals surface area contributed by atoms with E-state index in [1.54, 1.807) is 13.8 Å². The van der Waals surface area contributed by atoms with Crippen molar-refractivity contribution in [2.24, 2.45) is 0 Å². The Morgan fingerprint density at radius 3 is 2.78 bits per heavy atom. The summed E-state index contributed by atoms with van der Waals surface area (Å²) in [6, 6.07) is 7.48. The molecular weight excluding hydrogens is 298 g/mol. The van der Waals surface area contributed by atoms with Crippen molar-refractivity contribution in [1.82, 2.24) is 4.98 Å². The van der Waals surface area contributed by atoms with E-state index in [0.717, 1.165) is 10.0 Å². The number of aromatic nitrogens is 1. The molecule has 0 unspecified atom stereocenters. The lowest BCUT2D eigenvalue weighted by atomic mass is 9.90. The standard InChI is InChI=1S/C13H12BrNO3/c1-13(2,12(16)17)10-7-18-11(15-10)8-4-3-5-9(14)6-8/h3-7H,1-2H3,(H,16,17). The molecular formula is C13H12BrNO3. The van der Waals surface area contributed by atoms with E-state index in [-0.39, 0.29) is 0 Å². The van der Waals surface area contributed by atoms with Crippen molar-refractivity contribution in [3.63, 3.8) is 0 Å². The molecule has 0 saturated carbocycles. The van der Waals surface area contributed by atoms with Crippen molar-refractivity contribution in [3.05, 3.63) is 40.7 Å². The Morgan fingerprint density at radius 2 is 2.17 bits per heavy atom. The number of oxazole rings is 1. The Hall–Kier alpha value is -1.62. The molecule has 94 valence electrons. The largest absolute Gasteiger partial charge is 0.481 e. The van der Waals surface area contributed by atoms with E-state index in [1.807, 2.05) is 24.3 Å². The lowest BCUT2D eigenvalue weighted by molar-refractivity contribution is -0.142. The van der Waals surface area contributed by atoms with E-state index in [4.69, 9.17) is 9.52 Å². The molecule has 1 heterocycles. The Morgan fingerprint density at radius 1 is 1.44 bits per heavy atom. The van der Waals surface area contributed by atoms with Gasteiger partial charge in [0, 0.05) is 10.0 Å². The number of aliphatic carboxylic acids is 1. The van der Waals surface area contributed by atoms with Crippen LogP contribution in [0.3, 0.4) is 0 Å². The van der Waals surface area contributed by atoms with Crippen LogP contribution >= 0.6 is 15.9 Å². The molecule has 0 atom stereocenters. The summed E-state index contributed by atoms with van der Waals surface area (Å²) in [5, 5.41) is 9.13. The molecule has 0 bridgehead atoms. The zero-order valence-electron chi connectivity index (χ0n) is 9.98. The summed E-state index contributed by atoms with van der Waals surface area (Å²) in [4.78, 5) is 15.4. The van der Waals surface area contributed by atoms with E-state index < -0.39 is 11.4 Å². The van der Waals surface area contributed by atoms with E-state index in [0.29, 0.717) is 11.6 Å². The first-order valence-corrected chi connectivity index (χ1v) is 6.16. The number of carboxylic acid groups (broad SMARTS) is 1. The average Bonchev–Trinajstić information content (AvgIpc) is 2.78. The van der Waals surface area contributed by atoms with Crippen LogP contribution in [0.2, 0.25) is 0 Å². The minimum atomic E-state index is -1.06. The summed E-state index contributed by atoms with van der Waals surface area (Å²) in [5.41, 5.74) is 0.148. The van der Waals surface area contributed by atoms with Gasteiger partial charge in [0.1, 0.15) is 11.7 Å². The predicted molar refractivity (Wildman–Crippen MR) is 70.3 cm³/mol. The summed E-state index contributed by atoms with van der Waals surface area (Å²) in [7, 11) is 0. The first-order valence-electron chi connectivity index (χ1n) is 5.36. The van der Waals surface area contributed by atoms with Crippen molar-refractivity contribution < 1.29 is 14.3 Å². The first kappa shape index (κ1) is 12.8. The van der Waals surface area contributed by atoms with Crippen LogP contribution in [0.5, 0.6) is 0 Å². The second-order valence-corrected chi connectivity index (χ2v) is 5.39. The van der Waals surface area contributed by atoms with Crippen LogP contribution in [-0.4, -0.2) is 16.1 Å². The highest BCUT2D eigenvalue weighted by Crippen LogP contribution is 2.27. The van der Waals surface area contributed by atoms with Gasteiger partial charge < -0.3 is 9.52 Å². The van der Waals surface area contributed by atoms with Crippen LogP contribution in [0.1, 0.15) is 19.5 Å². The molecule has 0 amide bonds. The normalized spacial score (nSPS) is 11.5. The molecule has 0 saturated heterocycles. The Balaban J connectivity index is 2.40. The number of rotatable bonds is 3. The molecule has 0 radical (unpaired) electrons. The van der Waals surface area contributed by atoms with Crippen LogP contribution < -0.4 is 0 Å². The molecule has 0 aliphatic carbocycles. The van der Waals surface area contributed by atoms with Crippen molar-refractivity contribution >= 4 is 21.9 Å². The molecule has 1 aromatic heterocycles. The van der Waals surface area contributed by atoms with E-state index >= 15 is 0 Å². The molecule has 0 aliphatic rings. The van der Waals surface area contributed by atoms with Gasteiger partial charge in [-0.1, -0.05) is 22.0 Å². The Bertz CT molecular complexity index is 589. The van der Waals surface area contributed by atoms with E-state index in [1.165, 1.54) is 6.26 Å². The van der Waals surface area contributed by atoms with Gasteiger partial charge in [-0.15, -0.1) is 0 Å². The highest BCUT2D eigenvalue weighted by molar-refractivity contribution is 9.10. The molecule has 4 nitrogen and oxygen atoms in total. The Kier molecular flexibility index (Phi) is 3.26. The molecule has 2 aromatic rings. The van der Waals surface area contributed by atoms with E-state index in [2.05, 4.69) is 20.9 Å². The van der Waals surface area contributed by atoms with Crippen LogP contribution in [-0.2, 0) is 10.2 Å². The minimum Gasteiger partial charge on any atom is -0.481 e. The highest BCUT2D eigenvalue weighted by atomic mass is 79.9. The number of nitrogens with zero attached hydrogens (tertiary/aromatic N) is 1. The molecule has 2 rings (SSSR count). The van der Waals surface area contributed by atoms with Gasteiger partial charge in [-0.3, -0.25) is 4.79 Å². The van der Waals surface area contributed by atoms with E-state index in [9.17, 15) is 4.79 Å². The summed E-state index contributed by atoms with van der Waals surface area (Å²) in [6.45, 7) is 3.19. The number of benzene rings is 1. The van der Waals surface area contributed by atoms with Crippen LogP contribution in [0.15, 0.2) is 39.4 Å². The van der Waals surface area contributed by atoms with Gasteiger partial charge in [-0.25, -0.2) is 4.98 Å².